The zero-order valence-corrected chi connectivity index (χ0v) is 10.8. The van der Waals surface area contributed by atoms with E-state index < -0.39 is 0 Å². The first-order valence-corrected chi connectivity index (χ1v) is 6.66. The first kappa shape index (κ1) is 12.1. The number of anilines is 2. The quantitative estimate of drug-likeness (QED) is 0.761. The molecule has 0 amide bonds. The van der Waals surface area contributed by atoms with Gasteiger partial charge < -0.3 is 10.6 Å². The lowest BCUT2D eigenvalue weighted by Gasteiger charge is -2.13. The molecule has 1 aromatic rings. The van der Waals surface area contributed by atoms with E-state index in [9.17, 15) is 0 Å². The van der Waals surface area contributed by atoms with Crippen molar-refractivity contribution in [1.29, 1.82) is 0 Å². The van der Waals surface area contributed by atoms with Gasteiger partial charge in [-0.05, 0) is 25.7 Å². The molecule has 0 unspecified atom stereocenters. The minimum Gasteiger partial charge on any atom is -0.370 e. The molecule has 0 spiro atoms. The lowest BCUT2D eigenvalue weighted by Crippen LogP contribution is -2.10. The Balaban J connectivity index is 1.99. The van der Waals surface area contributed by atoms with E-state index >= 15 is 0 Å². The minimum atomic E-state index is 0.894. The van der Waals surface area contributed by atoms with Gasteiger partial charge in [-0.25, -0.2) is 9.97 Å². The van der Waals surface area contributed by atoms with E-state index in [1.54, 1.807) is 6.33 Å². The van der Waals surface area contributed by atoms with E-state index in [-0.39, 0.29) is 0 Å². The van der Waals surface area contributed by atoms with Gasteiger partial charge in [0.05, 0.1) is 0 Å². The largest absolute Gasteiger partial charge is 0.370 e. The van der Waals surface area contributed by atoms with Gasteiger partial charge in [-0.1, -0.05) is 19.8 Å². The highest BCUT2D eigenvalue weighted by Crippen LogP contribution is 2.32. The van der Waals surface area contributed by atoms with Crippen LogP contribution in [0.1, 0.15) is 38.7 Å². The maximum atomic E-state index is 4.35. The number of aromatic nitrogens is 2. The van der Waals surface area contributed by atoms with Gasteiger partial charge in [0.25, 0.3) is 0 Å². The summed E-state index contributed by atoms with van der Waals surface area (Å²) in [5.74, 6) is 2.93. The molecule has 0 atom stereocenters. The van der Waals surface area contributed by atoms with Crippen molar-refractivity contribution in [2.24, 2.45) is 5.92 Å². The molecule has 2 N–H and O–H groups in total. The van der Waals surface area contributed by atoms with E-state index in [1.807, 2.05) is 0 Å². The Morgan fingerprint density at radius 1 is 1.18 bits per heavy atom. The zero-order valence-electron chi connectivity index (χ0n) is 10.8. The fraction of sp³-hybridized carbons (Fsp3) is 0.692. The van der Waals surface area contributed by atoms with Gasteiger partial charge in [0.1, 0.15) is 18.0 Å². The van der Waals surface area contributed by atoms with Crippen LogP contribution in [0, 0.1) is 5.92 Å². The van der Waals surface area contributed by atoms with E-state index in [1.165, 1.54) is 24.8 Å². The topological polar surface area (TPSA) is 49.8 Å². The van der Waals surface area contributed by atoms with Gasteiger partial charge in [-0.2, -0.15) is 0 Å². The summed E-state index contributed by atoms with van der Waals surface area (Å²) in [5, 5.41) is 6.73. The zero-order chi connectivity index (χ0) is 12.1. The standard InChI is InChI=1S/C13H22N4/c1-3-11-12(14-4-2)16-9-17-13(11)15-8-7-10-5-6-10/h9-10H,3-8H2,1-2H3,(H2,14,15,16,17). The molecule has 94 valence electrons. The van der Waals surface area contributed by atoms with Crippen molar-refractivity contribution in [3.63, 3.8) is 0 Å². The van der Waals surface area contributed by atoms with Crippen molar-refractivity contribution < 1.29 is 0 Å². The van der Waals surface area contributed by atoms with Gasteiger partial charge in [0, 0.05) is 18.7 Å². The highest BCUT2D eigenvalue weighted by Gasteiger charge is 2.20. The molecule has 0 aliphatic heterocycles. The molecule has 17 heavy (non-hydrogen) atoms. The predicted octanol–water partition coefficient (Wildman–Crippen LogP) is 2.68. The van der Waals surface area contributed by atoms with Crippen LogP contribution in [-0.2, 0) is 6.42 Å². The molecule has 0 bridgehead atoms. The molecule has 4 nitrogen and oxygen atoms in total. The Hall–Kier alpha value is -1.32. The second-order valence-electron chi connectivity index (χ2n) is 4.59. The summed E-state index contributed by atoms with van der Waals surface area (Å²) in [6, 6.07) is 0. The van der Waals surface area contributed by atoms with Crippen molar-refractivity contribution >= 4 is 11.6 Å². The van der Waals surface area contributed by atoms with Crippen molar-refractivity contribution in [3.8, 4) is 0 Å². The summed E-state index contributed by atoms with van der Waals surface area (Å²) in [6.07, 6.45) is 6.68. The summed E-state index contributed by atoms with van der Waals surface area (Å²) in [4.78, 5) is 8.64. The number of hydrogen-bond donors (Lipinski definition) is 2. The van der Waals surface area contributed by atoms with Crippen molar-refractivity contribution in [2.75, 3.05) is 23.7 Å². The van der Waals surface area contributed by atoms with E-state index in [2.05, 4.69) is 34.4 Å². The molecule has 0 saturated heterocycles. The highest BCUT2D eigenvalue weighted by atomic mass is 15.1. The van der Waals surface area contributed by atoms with Crippen LogP contribution in [-0.4, -0.2) is 23.1 Å². The van der Waals surface area contributed by atoms with Crippen molar-refractivity contribution in [1.82, 2.24) is 9.97 Å². The van der Waals surface area contributed by atoms with Gasteiger partial charge in [0.2, 0.25) is 0 Å². The Morgan fingerprint density at radius 3 is 2.47 bits per heavy atom. The summed E-state index contributed by atoms with van der Waals surface area (Å²) >= 11 is 0. The number of nitrogens with one attached hydrogen (secondary N) is 2. The Morgan fingerprint density at radius 2 is 1.88 bits per heavy atom. The number of hydrogen-bond acceptors (Lipinski definition) is 4. The molecule has 4 heteroatoms. The molecular formula is C13H22N4. The average Bonchev–Trinajstić information content (AvgIpc) is 3.14. The second-order valence-corrected chi connectivity index (χ2v) is 4.59. The summed E-state index contributed by atoms with van der Waals surface area (Å²) < 4.78 is 0. The molecule has 1 saturated carbocycles. The van der Waals surface area contributed by atoms with Gasteiger partial charge in [0.15, 0.2) is 0 Å². The third-order valence-corrected chi connectivity index (χ3v) is 3.19. The fourth-order valence-corrected chi connectivity index (χ4v) is 2.02. The minimum absolute atomic E-state index is 0.894. The van der Waals surface area contributed by atoms with Crippen LogP contribution in [0.2, 0.25) is 0 Å². The monoisotopic (exact) mass is 234 g/mol. The lowest BCUT2D eigenvalue weighted by atomic mass is 10.2. The SMILES string of the molecule is CCNc1ncnc(NCCC2CC2)c1CC. The molecule has 0 radical (unpaired) electrons. The maximum absolute atomic E-state index is 4.35. The lowest BCUT2D eigenvalue weighted by molar-refractivity contribution is 0.757. The van der Waals surface area contributed by atoms with Gasteiger partial charge >= 0.3 is 0 Å². The highest BCUT2D eigenvalue weighted by molar-refractivity contribution is 5.57. The van der Waals surface area contributed by atoms with Crippen LogP contribution in [0.4, 0.5) is 11.6 Å². The molecule has 1 aliphatic rings. The third kappa shape index (κ3) is 3.32. The Kier molecular flexibility index (Phi) is 4.18. The Bertz CT molecular complexity index is 360. The fourth-order valence-electron chi connectivity index (χ4n) is 2.02. The second kappa shape index (κ2) is 5.84. The van der Waals surface area contributed by atoms with Crippen molar-refractivity contribution in [2.45, 2.75) is 39.5 Å². The van der Waals surface area contributed by atoms with Gasteiger partial charge in [-0.15, -0.1) is 0 Å². The molecule has 1 heterocycles. The van der Waals surface area contributed by atoms with Crippen LogP contribution >= 0.6 is 0 Å². The molecule has 1 aromatic heterocycles. The molecular weight excluding hydrogens is 212 g/mol. The molecule has 0 aromatic carbocycles. The van der Waals surface area contributed by atoms with Crippen LogP contribution in [0.3, 0.4) is 0 Å². The summed E-state index contributed by atoms with van der Waals surface area (Å²) in [5.41, 5.74) is 1.20. The maximum Gasteiger partial charge on any atom is 0.134 e. The van der Waals surface area contributed by atoms with E-state index in [0.29, 0.717) is 0 Å². The van der Waals surface area contributed by atoms with E-state index in [0.717, 1.165) is 37.1 Å². The third-order valence-electron chi connectivity index (χ3n) is 3.19. The van der Waals surface area contributed by atoms with Crippen LogP contribution < -0.4 is 10.6 Å². The number of rotatable bonds is 7. The summed E-state index contributed by atoms with van der Waals surface area (Å²) in [6.45, 7) is 6.15. The average molecular weight is 234 g/mol. The summed E-state index contributed by atoms with van der Waals surface area (Å²) in [7, 11) is 0. The molecule has 1 aliphatic carbocycles. The van der Waals surface area contributed by atoms with Crippen LogP contribution in [0.25, 0.3) is 0 Å². The van der Waals surface area contributed by atoms with E-state index in [4.69, 9.17) is 0 Å². The van der Waals surface area contributed by atoms with Crippen molar-refractivity contribution in [3.05, 3.63) is 11.9 Å². The van der Waals surface area contributed by atoms with Crippen LogP contribution in [0.15, 0.2) is 6.33 Å². The Labute approximate surface area is 103 Å². The first-order valence-electron chi connectivity index (χ1n) is 6.66. The van der Waals surface area contributed by atoms with Gasteiger partial charge in [-0.3, -0.25) is 0 Å². The molecule has 1 fully saturated rings. The normalized spacial score (nSPS) is 14.7. The smallest absolute Gasteiger partial charge is 0.134 e. The first-order chi connectivity index (χ1) is 8.35. The number of nitrogens with zero attached hydrogens (tertiary/aromatic N) is 2. The van der Waals surface area contributed by atoms with Crippen LogP contribution in [0.5, 0.6) is 0 Å². The molecule has 2 rings (SSSR count). The predicted molar refractivity (Wildman–Crippen MR) is 71.4 cm³/mol.